The molecule has 4 heteroatoms. The molecule has 0 aliphatic heterocycles. The zero-order valence-corrected chi connectivity index (χ0v) is 13.3. The molecule has 118 valence electrons. The number of methoxy groups -OCH3 is 2. The second-order valence-corrected chi connectivity index (χ2v) is 5.69. The molecule has 0 bridgehead atoms. The highest BCUT2D eigenvalue weighted by atomic mass is 16.5. The van der Waals surface area contributed by atoms with Crippen LogP contribution in [-0.4, -0.2) is 51.5 Å². The van der Waals surface area contributed by atoms with Crippen molar-refractivity contribution < 1.29 is 9.47 Å². The lowest BCUT2D eigenvalue weighted by atomic mass is 10.1. The summed E-state index contributed by atoms with van der Waals surface area (Å²) >= 11 is 0. The van der Waals surface area contributed by atoms with E-state index in [0.29, 0.717) is 0 Å². The Balaban J connectivity index is 1.92. The Hall–Kier alpha value is -0.940. The van der Waals surface area contributed by atoms with E-state index in [-0.39, 0.29) is 0 Å². The van der Waals surface area contributed by atoms with Gasteiger partial charge in [-0.05, 0) is 24.0 Å². The molecule has 1 aromatic rings. The first kappa shape index (κ1) is 16.4. The molecule has 0 aromatic heterocycles. The van der Waals surface area contributed by atoms with Gasteiger partial charge in [0, 0.05) is 46.4 Å². The first-order valence-corrected chi connectivity index (χ1v) is 7.84. The molecule has 1 N–H and O–H groups in total. The van der Waals surface area contributed by atoms with Gasteiger partial charge in [0.2, 0.25) is 0 Å². The van der Waals surface area contributed by atoms with Gasteiger partial charge in [0.25, 0.3) is 0 Å². The fourth-order valence-corrected chi connectivity index (χ4v) is 2.38. The van der Waals surface area contributed by atoms with Gasteiger partial charge in [-0.1, -0.05) is 24.3 Å². The van der Waals surface area contributed by atoms with Crippen LogP contribution in [0.25, 0.3) is 0 Å². The predicted octanol–water partition coefficient (Wildman–Crippen LogP) is 2.03. The van der Waals surface area contributed by atoms with E-state index in [9.17, 15) is 0 Å². The summed E-state index contributed by atoms with van der Waals surface area (Å²) in [5.74, 6) is 0. The molecule has 1 saturated carbocycles. The fraction of sp³-hybridized carbons (Fsp3) is 0.647. The van der Waals surface area contributed by atoms with Crippen LogP contribution in [-0.2, 0) is 22.6 Å². The Morgan fingerprint density at radius 2 is 1.67 bits per heavy atom. The van der Waals surface area contributed by atoms with Crippen LogP contribution in [0.3, 0.4) is 0 Å². The molecule has 1 fully saturated rings. The number of hydrogen-bond donors (Lipinski definition) is 1. The third kappa shape index (κ3) is 6.14. The highest BCUT2D eigenvalue weighted by Gasteiger charge is 2.20. The summed E-state index contributed by atoms with van der Waals surface area (Å²) in [4.78, 5) is 2.39. The maximum Gasteiger partial charge on any atom is 0.0589 e. The lowest BCUT2D eigenvalue weighted by Crippen LogP contribution is -2.31. The Morgan fingerprint density at radius 3 is 2.24 bits per heavy atom. The average Bonchev–Trinajstić information content (AvgIpc) is 3.33. The van der Waals surface area contributed by atoms with Crippen LogP contribution >= 0.6 is 0 Å². The second-order valence-electron chi connectivity index (χ2n) is 5.69. The van der Waals surface area contributed by atoms with Gasteiger partial charge in [0.1, 0.15) is 0 Å². The number of ether oxygens (including phenoxy) is 2. The largest absolute Gasteiger partial charge is 0.383 e. The van der Waals surface area contributed by atoms with E-state index in [4.69, 9.17) is 9.47 Å². The van der Waals surface area contributed by atoms with Crippen molar-refractivity contribution in [2.24, 2.45) is 0 Å². The Labute approximate surface area is 128 Å². The van der Waals surface area contributed by atoms with E-state index in [0.717, 1.165) is 45.4 Å². The number of rotatable bonds is 11. The zero-order valence-electron chi connectivity index (χ0n) is 13.3. The molecule has 1 aliphatic carbocycles. The Kier molecular flexibility index (Phi) is 7.16. The quantitative estimate of drug-likeness (QED) is 0.677. The van der Waals surface area contributed by atoms with Crippen molar-refractivity contribution in [1.82, 2.24) is 10.2 Å². The normalized spacial score (nSPS) is 14.8. The van der Waals surface area contributed by atoms with Gasteiger partial charge in [-0.25, -0.2) is 0 Å². The molecule has 1 aliphatic rings. The molecule has 0 spiro atoms. The fourth-order valence-electron chi connectivity index (χ4n) is 2.38. The zero-order chi connectivity index (χ0) is 14.9. The molecule has 0 heterocycles. The lowest BCUT2D eigenvalue weighted by Gasteiger charge is -2.23. The third-order valence-corrected chi connectivity index (χ3v) is 3.89. The molecule has 2 rings (SSSR count). The predicted molar refractivity (Wildman–Crippen MR) is 85.3 cm³/mol. The molecule has 21 heavy (non-hydrogen) atoms. The lowest BCUT2D eigenvalue weighted by molar-refractivity contribution is 0.110. The van der Waals surface area contributed by atoms with Crippen molar-refractivity contribution >= 4 is 0 Å². The highest BCUT2D eigenvalue weighted by Crippen LogP contribution is 2.20. The van der Waals surface area contributed by atoms with Crippen LogP contribution in [0.1, 0.15) is 24.0 Å². The van der Waals surface area contributed by atoms with E-state index >= 15 is 0 Å². The molecule has 0 amide bonds. The second kappa shape index (κ2) is 9.15. The molecule has 1 aromatic carbocycles. The highest BCUT2D eigenvalue weighted by molar-refractivity contribution is 5.27. The summed E-state index contributed by atoms with van der Waals surface area (Å²) in [5, 5.41) is 3.60. The van der Waals surface area contributed by atoms with Crippen molar-refractivity contribution in [3.63, 3.8) is 0 Å². The van der Waals surface area contributed by atoms with E-state index in [1.54, 1.807) is 14.2 Å². The topological polar surface area (TPSA) is 33.7 Å². The number of benzene rings is 1. The van der Waals surface area contributed by atoms with Gasteiger partial charge in [-0.15, -0.1) is 0 Å². The average molecular weight is 292 g/mol. The van der Waals surface area contributed by atoms with Crippen molar-refractivity contribution in [2.75, 3.05) is 40.5 Å². The van der Waals surface area contributed by atoms with Gasteiger partial charge >= 0.3 is 0 Å². The number of hydrogen-bond acceptors (Lipinski definition) is 4. The van der Waals surface area contributed by atoms with E-state index in [2.05, 4.69) is 34.5 Å². The van der Waals surface area contributed by atoms with Gasteiger partial charge in [0.05, 0.1) is 13.2 Å². The van der Waals surface area contributed by atoms with Gasteiger partial charge < -0.3 is 14.8 Å². The van der Waals surface area contributed by atoms with Crippen LogP contribution < -0.4 is 5.32 Å². The maximum absolute atomic E-state index is 5.21. The van der Waals surface area contributed by atoms with Crippen LogP contribution in [0.5, 0.6) is 0 Å². The minimum absolute atomic E-state index is 0.746. The summed E-state index contributed by atoms with van der Waals surface area (Å²) in [6, 6.07) is 9.46. The molecule has 0 radical (unpaired) electrons. The van der Waals surface area contributed by atoms with Crippen molar-refractivity contribution in [3.05, 3.63) is 35.4 Å². The minimum atomic E-state index is 0.746. The molecule has 0 saturated heterocycles. The molecule has 4 nitrogen and oxygen atoms in total. The van der Waals surface area contributed by atoms with Gasteiger partial charge in [-0.3, -0.25) is 4.90 Å². The number of nitrogens with one attached hydrogen (secondary N) is 1. The first-order valence-electron chi connectivity index (χ1n) is 7.84. The maximum atomic E-state index is 5.21. The molecule has 0 unspecified atom stereocenters. The summed E-state index contributed by atoms with van der Waals surface area (Å²) in [6.07, 6.45) is 2.66. The van der Waals surface area contributed by atoms with E-state index < -0.39 is 0 Å². The third-order valence-electron chi connectivity index (χ3n) is 3.89. The van der Waals surface area contributed by atoms with Gasteiger partial charge in [-0.2, -0.15) is 0 Å². The molecule has 0 atom stereocenters. The van der Waals surface area contributed by atoms with E-state index in [1.165, 1.54) is 24.0 Å². The van der Waals surface area contributed by atoms with Gasteiger partial charge in [0.15, 0.2) is 0 Å². The minimum Gasteiger partial charge on any atom is -0.383 e. The molecular weight excluding hydrogens is 264 g/mol. The van der Waals surface area contributed by atoms with Crippen molar-refractivity contribution in [2.45, 2.75) is 32.0 Å². The first-order chi connectivity index (χ1) is 10.3. The molecular formula is C17H28N2O2. The van der Waals surface area contributed by atoms with Crippen LogP contribution in [0.4, 0.5) is 0 Å². The number of nitrogens with zero attached hydrogens (tertiary/aromatic N) is 1. The standard InChI is InChI=1S/C17H28N2O2/c1-20-11-9-19(10-12-21-2)14-16-6-4-3-5-15(16)13-18-17-7-8-17/h3-6,17-18H,7-14H2,1-2H3. The van der Waals surface area contributed by atoms with Crippen LogP contribution in [0.15, 0.2) is 24.3 Å². The Bertz CT molecular complexity index is 400. The van der Waals surface area contributed by atoms with Crippen LogP contribution in [0, 0.1) is 0 Å². The van der Waals surface area contributed by atoms with Crippen LogP contribution in [0.2, 0.25) is 0 Å². The summed E-state index contributed by atoms with van der Waals surface area (Å²) < 4.78 is 10.4. The SMILES string of the molecule is COCCN(CCOC)Cc1ccccc1CNC1CC1. The monoisotopic (exact) mass is 292 g/mol. The van der Waals surface area contributed by atoms with Crippen molar-refractivity contribution in [3.8, 4) is 0 Å². The van der Waals surface area contributed by atoms with Crippen molar-refractivity contribution in [1.29, 1.82) is 0 Å². The Morgan fingerprint density at radius 1 is 1.05 bits per heavy atom. The summed E-state index contributed by atoms with van der Waals surface area (Å²) in [6.45, 7) is 5.31. The van der Waals surface area contributed by atoms with E-state index in [1.807, 2.05) is 0 Å². The smallest absolute Gasteiger partial charge is 0.0589 e. The summed E-state index contributed by atoms with van der Waals surface area (Å²) in [5.41, 5.74) is 2.81. The summed E-state index contributed by atoms with van der Waals surface area (Å²) in [7, 11) is 3.50.